The number of carbonyl (C=O) groups is 1. The molecule has 7 nitrogen and oxygen atoms in total. The van der Waals surface area contributed by atoms with Crippen LogP contribution in [-0.2, 0) is 19.4 Å². The van der Waals surface area contributed by atoms with Crippen molar-refractivity contribution in [3.63, 3.8) is 0 Å². The highest BCUT2D eigenvalue weighted by molar-refractivity contribution is 7.91. The van der Waals surface area contributed by atoms with Gasteiger partial charge in [0, 0.05) is 45.3 Å². The van der Waals surface area contributed by atoms with Gasteiger partial charge in [0.2, 0.25) is 5.91 Å². The Morgan fingerprint density at radius 2 is 1.85 bits per heavy atom. The lowest BCUT2D eigenvalue weighted by molar-refractivity contribution is -0.140. The molecule has 3 aliphatic rings. The molecule has 0 aromatic heterocycles. The molecule has 26 heavy (non-hydrogen) atoms. The third-order valence-corrected chi connectivity index (χ3v) is 8.01. The van der Waals surface area contributed by atoms with Gasteiger partial charge in [0.25, 0.3) is 0 Å². The number of amides is 1. The van der Waals surface area contributed by atoms with E-state index in [0.717, 1.165) is 25.8 Å². The van der Waals surface area contributed by atoms with Crippen molar-refractivity contribution < 1.29 is 23.1 Å². The average Bonchev–Trinajstić information content (AvgIpc) is 3.01. The van der Waals surface area contributed by atoms with Crippen molar-refractivity contribution in [3.05, 3.63) is 0 Å². The summed E-state index contributed by atoms with van der Waals surface area (Å²) in [4.78, 5) is 17.1. The first-order valence-electron chi connectivity index (χ1n) is 9.87. The molecule has 0 aromatic rings. The Balaban J connectivity index is 1.67. The highest BCUT2D eigenvalue weighted by Crippen LogP contribution is 2.35. The van der Waals surface area contributed by atoms with Gasteiger partial charge >= 0.3 is 0 Å². The van der Waals surface area contributed by atoms with Gasteiger partial charge in [-0.15, -0.1) is 0 Å². The first kappa shape index (κ1) is 20.0. The molecule has 3 atom stereocenters. The Morgan fingerprint density at radius 1 is 1.19 bits per heavy atom. The number of rotatable bonds is 5. The molecular formula is C18H32N2O5S. The molecule has 0 bridgehead atoms. The molecule has 0 aromatic carbocycles. The van der Waals surface area contributed by atoms with E-state index in [2.05, 4.69) is 11.8 Å². The number of carbonyl (C=O) groups excluding carboxylic acids is 1. The van der Waals surface area contributed by atoms with E-state index < -0.39 is 9.84 Å². The largest absolute Gasteiger partial charge is 0.394 e. The molecule has 0 spiro atoms. The maximum atomic E-state index is 13.0. The summed E-state index contributed by atoms with van der Waals surface area (Å²) < 4.78 is 28.7. The molecule has 3 aliphatic heterocycles. The first-order chi connectivity index (χ1) is 12.4. The Labute approximate surface area is 156 Å². The molecule has 150 valence electrons. The minimum absolute atomic E-state index is 0.00851. The third kappa shape index (κ3) is 4.40. The van der Waals surface area contributed by atoms with Crippen LogP contribution in [0.4, 0.5) is 0 Å². The SMILES string of the molecule is CC[C@@H]1CN(C(=O)C2CCOCC2)[C@H](CO)[C@@H]1CN1CCS(=O)(=O)CC1. The molecular weight excluding hydrogens is 356 g/mol. The van der Waals surface area contributed by atoms with E-state index in [0.29, 0.717) is 38.8 Å². The molecule has 3 saturated heterocycles. The monoisotopic (exact) mass is 388 g/mol. The van der Waals surface area contributed by atoms with Crippen molar-refractivity contribution in [1.29, 1.82) is 0 Å². The standard InChI is InChI=1S/C18H32N2O5S/c1-2-14-11-20(18(22)15-3-7-25-8-4-15)17(13-21)16(14)12-19-5-9-26(23,24)10-6-19/h14-17,21H,2-13H2,1H3/t14-,16-,17-/m1/s1. The number of aliphatic hydroxyl groups excluding tert-OH is 1. The summed E-state index contributed by atoms with van der Waals surface area (Å²) in [6.07, 6.45) is 2.49. The number of sulfone groups is 1. The Bertz CT molecular complexity index is 576. The fourth-order valence-corrected chi connectivity index (χ4v) is 5.95. The predicted octanol–water partition coefficient (Wildman–Crippen LogP) is -0.0111. The van der Waals surface area contributed by atoms with E-state index in [4.69, 9.17) is 4.74 Å². The molecule has 1 amide bonds. The highest BCUT2D eigenvalue weighted by Gasteiger charge is 2.45. The van der Waals surface area contributed by atoms with Gasteiger partial charge < -0.3 is 19.6 Å². The fraction of sp³-hybridized carbons (Fsp3) is 0.944. The van der Waals surface area contributed by atoms with Gasteiger partial charge in [-0.25, -0.2) is 8.42 Å². The van der Waals surface area contributed by atoms with Crippen molar-refractivity contribution in [1.82, 2.24) is 9.80 Å². The van der Waals surface area contributed by atoms with Crippen LogP contribution < -0.4 is 0 Å². The van der Waals surface area contributed by atoms with Gasteiger partial charge in [0.1, 0.15) is 0 Å². The molecule has 3 heterocycles. The average molecular weight is 389 g/mol. The predicted molar refractivity (Wildman–Crippen MR) is 98.5 cm³/mol. The van der Waals surface area contributed by atoms with Crippen LogP contribution in [0.1, 0.15) is 26.2 Å². The van der Waals surface area contributed by atoms with Crippen molar-refractivity contribution in [2.75, 3.05) is 57.5 Å². The second kappa shape index (κ2) is 8.54. The van der Waals surface area contributed by atoms with Gasteiger partial charge in [-0.2, -0.15) is 0 Å². The summed E-state index contributed by atoms with van der Waals surface area (Å²) in [6, 6.07) is -0.158. The van der Waals surface area contributed by atoms with E-state index in [1.54, 1.807) is 0 Å². The number of ether oxygens (including phenoxy) is 1. The second-order valence-corrected chi connectivity index (χ2v) is 10.2. The topological polar surface area (TPSA) is 87.2 Å². The second-order valence-electron chi connectivity index (χ2n) is 7.91. The van der Waals surface area contributed by atoms with E-state index in [9.17, 15) is 18.3 Å². The molecule has 8 heteroatoms. The van der Waals surface area contributed by atoms with E-state index in [-0.39, 0.29) is 41.9 Å². The summed E-state index contributed by atoms with van der Waals surface area (Å²) in [5.41, 5.74) is 0. The molecule has 1 N–H and O–H groups in total. The van der Waals surface area contributed by atoms with Gasteiger partial charge in [-0.1, -0.05) is 13.3 Å². The molecule has 3 fully saturated rings. The Morgan fingerprint density at radius 3 is 2.42 bits per heavy atom. The van der Waals surface area contributed by atoms with Gasteiger partial charge in [0.15, 0.2) is 9.84 Å². The lowest BCUT2D eigenvalue weighted by atomic mass is 9.88. The van der Waals surface area contributed by atoms with Crippen molar-refractivity contribution >= 4 is 15.7 Å². The van der Waals surface area contributed by atoms with Crippen molar-refractivity contribution in [2.45, 2.75) is 32.2 Å². The molecule has 0 aliphatic carbocycles. The first-order valence-corrected chi connectivity index (χ1v) is 11.7. The number of likely N-dealkylation sites (tertiary alicyclic amines) is 1. The van der Waals surface area contributed by atoms with Crippen LogP contribution >= 0.6 is 0 Å². The fourth-order valence-electron chi connectivity index (χ4n) is 4.67. The van der Waals surface area contributed by atoms with Crippen molar-refractivity contribution in [3.8, 4) is 0 Å². The number of aliphatic hydroxyl groups is 1. The van der Waals surface area contributed by atoms with Crippen LogP contribution in [0, 0.1) is 17.8 Å². The highest BCUT2D eigenvalue weighted by atomic mass is 32.2. The zero-order valence-electron chi connectivity index (χ0n) is 15.7. The maximum Gasteiger partial charge on any atom is 0.226 e. The van der Waals surface area contributed by atoms with Crippen LogP contribution in [0.25, 0.3) is 0 Å². The van der Waals surface area contributed by atoms with E-state index in [1.165, 1.54) is 0 Å². The van der Waals surface area contributed by atoms with E-state index >= 15 is 0 Å². The maximum absolute atomic E-state index is 13.0. The Hall–Kier alpha value is -0.700. The third-order valence-electron chi connectivity index (χ3n) is 6.40. The van der Waals surface area contributed by atoms with Gasteiger partial charge in [0.05, 0.1) is 24.2 Å². The number of hydrogen-bond donors (Lipinski definition) is 1. The summed E-state index contributed by atoms with van der Waals surface area (Å²) in [7, 11) is -2.89. The number of nitrogens with zero attached hydrogens (tertiary/aromatic N) is 2. The quantitative estimate of drug-likeness (QED) is 0.713. The molecule has 0 saturated carbocycles. The lowest BCUT2D eigenvalue weighted by Gasteiger charge is -2.34. The smallest absolute Gasteiger partial charge is 0.226 e. The van der Waals surface area contributed by atoms with Crippen LogP contribution in [0.3, 0.4) is 0 Å². The molecule has 0 unspecified atom stereocenters. The van der Waals surface area contributed by atoms with E-state index in [1.807, 2.05) is 4.90 Å². The minimum atomic E-state index is -2.89. The zero-order chi connectivity index (χ0) is 18.7. The van der Waals surface area contributed by atoms with Crippen LogP contribution in [0.15, 0.2) is 0 Å². The molecule has 3 rings (SSSR count). The van der Waals surface area contributed by atoms with Gasteiger partial charge in [-0.3, -0.25) is 4.79 Å². The van der Waals surface area contributed by atoms with Gasteiger partial charge in [-0.05, 0) is 24.7 Å². The van der Waals surface area contributed by atoms with Crippen molar-refractivity contribution in [2.24, 2.45) is 17.8 Å². The molecule has 0 radical (unpaired) electrons. The minimum Gasteiger partial charge on any atom is -0.394 e. The Kier molecular flexibility index (Phi) is 6.59. The van der Waals surface area contributed by atoms with Crippen LogP contribution in [0.2, 0.25) is 0 Å². The van der Waals surface area contributed by atoms with Crippen LogP contribution in [0.5, 0.6) is 0 Å². The normalized spacial score (nSPS) is 33.5. The number of hydrogen-bond acceptors (Lipinski definition) is 6. The lowest BCUT2D eigenvalue weighted by Crippen LogP contribution is -2.48. The summed E-state index contributed by atoms with van der Waals surface area (Å²) in [5, 5.41) is 10.0. The zero-order valence-corrected chi connectivity index (χ0v) is 16.5. The van der Waals surface area contributed by atoms with Crippen LogP contribution in [-0.4, -0.2) is 92.8 Å². The summed E-state index contributed by atoms with van der Waals surface area (Å²) >= 11 is 0. The summed E-state index contributed by atoms with van der Waals surface area (Å²) in [6.45, 7) is 5.96. The summed E-state index contributed by atoms with van der Waals surface area (Å²) in [5.74, 6) is 1.16.